The molecule has 0 fully saturated rings. The molecule has 0 aliphatic carbocycles. The first-order valence-electron chi connectivity index (χ1n) is 7.36. The molecule has 0 unspecified atom stereocenters. The molecule has 0 radical (unpaired) electrons. The van der Waals surface area contributed by atoms with Gasteiger partial charge in [-0.25, -0.2) is 0 Å². The van der Waals surface area contributed by atoms with Crippen LogP contribution < -0.4 is 0 Å². The maximum absolute atomic E-state index is 5.81. The van der Waals surface area contributed by atoms with Crippen molar-refractivity contribution >= 4 is 32.7 Å². The Morgan fingerprint density at radius 2 is 1.70 bits per heavy atom. The van der Waals surface area contributed by atoms with Crippen LogP contribution in [-0.4, -0.2) is 15.0 Å². The maximum Gasteiger partial charge on any atom is 0.153 e. The van der Waals surface area contributed by atoms with Crippen LogP contribution in [0.1, 0.15) is 0 Å². The second-order valence-corrected chi connectivity index (χ2v) is 5.42. The Labute approximate surface area is 131 Å². The van der Waals surface area contributed by atoms with Crippen molar-refractivity contribution in [2.75, 3.05) is 0 Å². The molecule has 0 saturated heterocycles. The number of hydrogen-bond donors (Lipinski definition) is 0. The highest BCUT2D eigenvalue weighted by Crippen LogP contribution is 2.31. The Hall–Kier alpha value is -3.27. The molecule has 1 aromatic carbocycles. The third-order valence-electron chi connectivity index (χ3n) is 4.07. The Morgan fingerprint density at radius 3 is 2.70 bits per heavy atom. The van der Waals surface area contributed by atoms with Crippen molar-refractivity contribution < 1.29 is 4.42 Å². The van der Waals surface area contributed by atoms with Crippen LogP contribution >= 0.6 is 0 Å². The van der Waals surface area contributed by atoms with Gasteiger partial charge in [-0.2, -0.15) is 0 Å². The molecule has 5 rings (SSSR count). The fourth-order valence-corrected chi connectivity index (χ4v) is 2.98. The maximum atomic E-state index is 5.81. The van der Waals surface area contributed by atoms with Crippen molar-refractivity contribution in [1.82, 2.24) is 15.0 Å². The summed E-state index contributed by atoms with van der Waals surface area (Å²) in [6.45, 7) is 0. The summed E-state index contributed by atoms with van der Waals surface area (Å²) in [5.41, 5.74) is 3.29. The van der Waals surface area contributed by atoms with Crippen LogP contribution in [0.5, 0.6) is 0 Å². The van der Waals surface area contributed by atoms with Crippen molar-refractivity contribution in [1.29, 1.82) is 0 Å². The highest BCUT2D eigenvalue weighted by molar-refractivity contribution is 6.06. The minimum atomic E-state index is 0.761. The molecule has 4 heteroatoms. The van der Waals surface area contributed by atoms with E-state index in [-0.39, 0.29) is 0 Å². The van der Waals surface area contributed by atoms with Gasteiger partial charge in [-0.05, 0) is 23.6 Å². The first-order chi connectivity index (χ1) is 11.4. The monoisotopic (exact) mass is 297 g/mol. The molecule has 4 heterocycles. The predicted octanol–water partition coefficient (Wildman–Crippen LogP) is 4.59. The van der Waals surface area contributed by atoms with Gasteiger partial charge in [0.2, 0.25) is 0 Å². The molecule has 108 valence electrons. The van der Waals surface area contributed by atoms with E-state index >= 15 is 0 Å². The van der Waals surface area contributed by atoms with Gasteiger partial charge < -0.3 is 4.42 Å². The van der Waals surface area contributed by atoms with E-state index in [4.69, 9.17) is 4.42 Å². The largest absolute Gasteiger partial charge is 0.454 e. The number of benzene rings is 1. The third-order valence-corrected chi connectivity index (χ3v) is 4.07. The van der Waals surface area contributed by atoms with E-state index in [1.807, 2.05) is 42.7 Å². The number of pyridine rings is 3. The average molecular weight is 297 g/mol. The molecule has 0 atom stereocenters. The summed E-state index contributed by atoms with van der Waals surface area (Å²) in [6, 6.07) is 14.1. The molecule has 0 N–H and O–H groups in total. The van der Waals surface area contributed by atoms with Gasteiger partial charge in [-0.1, -0.05) is 24.3 Å². The Morgan fingerprint density at radius 1 is 0.739 bits per heavy atom. The first-order valence-corrected chi connectivity index (χ1v) is 7.36. The van der Waals surface area contributed by atoms with Gasteiger partial charge in [0.1, 0.15) is 5.58 Å². The van der Waals surface area contributed by atoms with Gasteiger partial charge in [-0.15, -0.1) is 0 Å². The zero-order chi connectivity index (χ0) is 15.2. The van der Waals surface area contributed by atoms with Crippen LogP contribution in [0, 0.1) is 0 Å². The predicted molar refractivity (Wildman–Crippen MR) is 90.0 cm³/mol. The van der Waals surface area contributed by atoms with E-state index < -0.39 is 0 Å². The lowest BCUT2D eigenvalue weighted by molar-refractivity contribution is 0.666. The molecule has 4 nitrogen and oxygen atoms in total. The van der Waals surface area contributed by atoms with Gasteiger partial charge in [0.25, 0.3) is 0 Å². The fraction of sp³-hybridized carbons (Fsp3) is 0. The molecule has 0 saturated carbocycles. The number of furan rings is 1. The second kappa shape index (κ2) is 4.61. The van der Waals surface area contributed by atoms with Crippen LogP contribution in [0.25, 0.3) is 44.1 Å². The summed E-state index contributed by atoms with van der Waals surface area (Å²) >= 11 is 0. The lowest BCUT2D eigenvalue weighted by Gasteiger charge is -2.04. The quantitative estimate of drug-likeness (QED) is 0.454. The minimum Gasteiger partial charge on any atom is -0.454 e. The van der Waals surface area contributed by atoms with Gasteiger partial charge in [-0.3, -0.25) is 15.0 Å². The lowest BCUT2D eigenvalue weighted by atomic mass is 10.1. The summed E-state index contributed by atoms with van der Waals surface area (Å²) in [7, 11) is 0. The number of aromatic nitrogens is 3. The summed E-state index contributed by atoms with van der Waals surface area (Å²) in [5, 5.41) is 4.24. The fourth-order valence-electron chi connectivity index (χ4n) is 2.98. The molecule has 5 aromatic rings. The number of hydrogen-bond acceptors (Lipinski definition) is 4. The standard InChI is InChI=1S/C19H11N3O/c1-2-4-13-12(3-1)5-8-21-19(13)16-9-14-15-10-20-7-6-17(15)23-18(14)11-22-16/h1-11H. The summed E-state index contributed by atoms with van der Waals surface area (Å²) in [5.74, 6) is 0. The van der Waals surface area contributed by atoms with Crippen molar-refractivity contribution in [2.45, 2.75) is 0 Å². The summed E-state index contributed by atoms with van der Waals surface area (Å²) in [6.07, 6.45) is 7.12. The molecule has 23 heavy (non-hydrogen) atoms. The van der Waals surface area contributed by atoms with E-state index in [0.717, 1.165) is 44.1 Å². The Balaban J connectivity index is 1.84. The van der Waals surface area contributed by atoms with Gasteiger partial charge in [0.05, 0.1) is 17.6 Å². The SMILES string of the molecule is c1ccc2c(-c3cc4c(cn3)oc3ccncc34)nccc2c1. The van der Waals surface area contributed by atoms with E-state index in [1.54, 1.807) is 12.4 Å². The van der Waals surface area contributed by atoms with Crippen LogP contribution in [-0.2, 0) is 0 Å². The second-order valence-electron chi connectivity index (χ2n) is 5.42. The van der Waals surface area contributed by atoms with Crippen molar-refractivity contribution in [3.63, 3.8) is 0 Å². The zero-order valence-corrected chi connectivity index (χ0v) is 12.1. The smallest absolute Gasteiger partial charge is 0.153 e. The van der Waals surface area contributed by atoms with Crippen molar-refractivity contribution in [2.24, 2.45) is 0 Å². The van der Waals surface area contributed by atoms with Gasteiger partial charge in [0.15, 0.2) is 5.58 Å². The molecule has 0 aliphatic rings. The molecular formula is C19H11N3O. The highest BCUT2D eigenvalue weighted by Gasteiger charge is 2.11. The molecular weight excluding hydrogens is 286 g/mol. The molecule has 0 aliphatic heterocycles. The van der Waals surface area contributed by atoms with Crippen LogP contribution in [0.15, 0.2) is 71.7 Å². The molecule has 0 bridgehead atoms. The highest BCUT2D eigenvalue weighted by atomic mass is 16.3. The first kappa shape index (κ1) is 12.3. The van der Waals surface area contributed by atoms with Crippen molar-refractivity contribution in [3.05, 3.63) is 67.3 Å². The van der Waals surface area contributed by atoms with Gasteiger partial charge >= 0.3 is 0 Å². The normalized spacial score (nSPS) is 11.5. The van der Waals surface area contributed by atoms with Crippen LogP contribution in [0.2, 0.25) is 0 Å². The Bertz CT molecular complexity index is 1170. The minimum absolute atomic E-state index is 0.761. The van der Waals surface area contributed by atoms with E-state index in [1.165, 1.54) is 0 Å². The van der Waals surface area contributed by atoms with E-state index in [9.17, 15) is 0 Å². The summed E-state index contributed by atoms with van der Waals surface area (Å²) in [4.78, 5) is 13.3. The third kappa shape index (κ3) is 1.82. The van der Waals surface area contributed by atoms with E-state index in [2.05, 4.69) is 27.1 Å². The molecule has 4 aromatic heterocycles. The number of nitrogens with zero attached hydrogens (tertiary/aromatic N) is 3. The molecule has 0 spiro atoms. The van der Waals surface area contributed by atoms with Crippen molar-refractivity contribution in [3.8, 4) is 11.4 Å². The van der Waals surface area contributed by atoms with Gasteiger partial charge in [0, 0.05) is 34.7 Å². The lowest BCUT2D eigenvalue weighted by Crippen LogP contribution is -1.88. The zero-order valence-electron chi connectivity index (χ0n) is 12.1. The Kier molecular flexibility index (Phi) is 2.46. The van der Waals surface area contributed by atoms with E-state index in [0.29, 0.717) is 0 Å². The van der Waals surface area contributed by atoms with Crippen LogP contribution in [0.3, 0.4) is 0 Å². The number of rotatable bonds is 1. The van der Waals surface area contributed by atoms with Crippen LogP contribution in [0.4, 0.5) is 0 Å². The molecule has 0 amide bonds. The average Bonchev–Trinajstić information content (AvgIpc) is 2.99. The summed E-state index contributed by atoms with van der Waals surface area (Å²) < 4.78 is 5.81. The topological polar surface area (TPSA) is 51.8 Å². The number of fused-ring (bicyclic) bond motifs is 4.